The predicted molar refractivity (Wildman–Crippen MR) is 73.6 cm³/mol. The van der Waals surface area contributed by atoms with Crippen LogP contribution in [-0.2, 0) is 16.1 Å². The lowest BCUT2D eigenvalue weighted by Gasteiger charge is -2.20. The van der Waals surface area contributed by atoms with Gasteiger partial charge >= 0.3 is 12.1 Å². The number of benzene rings is 1. The van der Waals surface area contributed by atoms with Crippen LogP contribution in [0.15, 0.2) is 18.2 Å². The highest BCUT2D eigenvalue weighted by molar-refractivity contribution is 5.93. The lowest BCUT2D eigenvalue weighted by Crippen LogP contribution is -2.27. The molecule has 0 unspecified atom stereocenters. The van der Waals surface area contributed by atoms with Crippen LogP contribution in [0.4, 0.5) is 10.5 Å². The third kappa shape index (κ3) is 4.55. The molecule has 0 aliphatic rings. The maximum atomic E-state index is 11.7. The van der Waals surface area contributed by atoms with Crippen molar-refractivity contribution in [1.82, 2.24) is 0 Å². The first-order valence-electron chi connectivity index (χ1n) is 6.09. The summed E-state index contributed by atoms with van der Waals surface area (Å²) in [5.74, 6) is -0.526. The Morgan fingerprint density at radius 3 is 2.45 bits per heavy atom. The van der Waals surface area contributed by atoms with Crippen molar-refractivity contribution in [3.8, 4) is 0 Å². The highest BCUT2D eigenvalue weighted by Gasteiger charge is 2.18. The van der Waals surface area contributed by atoms with Crippen molar-refractivity contribution in [2.24, 2.45) is 0 Å². The van der Waals surface area contributed by atoms with Gasteiger partial charge in [0.2, 0.25) is 0 Å². The lowest BCUT2D eigenvalue weighted by molar-refractivity contribution is 0.0596. The van der Waals surface area contributed by atoms with Crippen LogP contribution < -0.4 is 5.32 Å². The molecule has 0 radical (unpaired) electrons. The minimum Gasteiger partial charge on any atom is -0.465 e. The van der Waals surface area contributed by atoms with Crippen LogP contribution in [-0.4, -0.2) is 29.9 Å². The van der Waals surface area contributed by atoms with Crippen LogP contribution in [0.1, 0.15) is 36.7 Å². The molecule has 1 rings (SSSR count). The summed E-state index contributed by atoms with van der Waals surface area (Å²) in [6.45, 7) is 4.95. The molecule has 1 aromatic carbocycles. The maximum absolute atomic E-state index is 11.7. The number of esters is 1. The molecule has 1 aromatic rings. The summed E-state index contributed by atoms with van der Waals surface area (Å²) in [6.07, 6.45) is -0.658. The third-order valence-corrected chi connectivity index (χ3v) is 2.34. The summed E-state index contributed by atoms with van der Waals surface area (Å²) in [4.78, 5) is 23.2. The monoisotopic (exact) mass is 281 g/mol. The zero-order chi connectivity index (χ0) is 15.3. The fourth-order valence-corrected chi connectivity index (χ4v) is 1.49. The molecule has 0 spiro atoms. The Morgan fingerprint density at radius 2 is 1.95 bits per heavy atom. The zero-order valence-electron chi connectivity index (χ0n) is 12.0. The number of hydrogen-bond donors (Lipinski definition) is 2. The lowest BCUT2D eigenvalue weighted by atomic mass is 10.1. The van der Waals surface area contributed by atoms with Crippen LogP contribution in [0, 0.1) is 0 Å². The second-order valence-electron chi connectivity index (χ2n) is 5.15. The largest absolute Gasteiger partial charge is 0.465 e. The Hall–Kier alpha value is -2.08. The Bertz CT molecular complexity index is 505. The van der Waals surface area contributed by atoms with E-state index in [9.17, 15) is 14.7 Å². The van der Waals surface area contributed by atoms with Gasteiger partial charge in [-0.3, -0.25) is 5.32 Å². The van der Waals surface area contributed by atoms with Crippen LogP contribution in [0.5, 0.6) is 0 Å². The zero-order valence-corrected chi connectivity index (χ0v) is 12.0. The van der Waals surface area contributed by atoms with Crippen molar-refractivity contribution in [2.75, 3.05) is 12.4 Å². The van der Waals surface area contributed by atoms with Crippen LogP contribution in [0.3, 0.4) is 0 Å². The molecule has 0 saturated heterocycles. The molecule has 0 atom stereocenters. The van der Waals surface area contributed by atoms with Gasteiger partial charge in [-0.2, -0.15) is 0 Å². The van der Waals surface area contributed by atoms with E-state index in [1.807, 2.05) is 0 Å². The van der Waals surface area contributed by atoms with Gasteiger partial charge < -0.3 is 14.6 Å². The number of anilines is 1. The minimum atomic E-state index is -0.658. The second kappa shape index (κ2) is 6.38. The summed E-state index contributed by atoms with van der Waals surface area (Å²) < 4.78 is 9.72. The number of hydrogen-bond acceptors (Lipinski definition) is 5. The molecule has 6 heteroatoms. The van der Waals surface area contributed by atoms with Crippen molar-refractivity contribution in [3.05, 3.63) is 29.3 Å². The van der Waals surface area contributed by atoms with E-state index in [4.69, 9.17) is 4.74 Å². The molecule has 0 fully saturated rings. The van der Waals surface area contributed by atoms with E-state index in [0.717, 1.165) is 0 Å². The Balaban J connectivity index is 2.97. The number of aliphatic hydroxyl groups is 1. The Morgan fingerprint density at radius 1 is 1.30 bits per heavy atom. The van der Waals surface area contributed by atoms with Crippen LogP contribution in [0.25, 0.3) is 0 Å². The highest BCUT2D eigenvalue weighted by atomic mass is 16.6. The first-order valence-corrected chi connectivity index (χ1v) is 6.09. The predicted octanol–water partition coefficient (Wildman–Crippen LogP) is 2.31. The summed E-state index contributed by atoms with van der Waals surface area (Å²) in [5, 5.41) is 11.8. The van der Waals surface area contributed by atoms with E-state index in [-0.39, 0.29) is 12.2 Å². The molecule has 110 valence electrons. The molecular formula is C14H19NO5. The Kier molecular flexibility index (Phi) is 5.10. The van der Waals surface area contributed by atoms with Crippen LogP contribution >= 0.6 is 0 Å². The number of methoxy groups -OCH3 is 1. The normalized spacial score (nSPS) is 10.8. The number of ether oxygens (including phenoxy) is 2. The second-order valence-corrected chi connectivity index (χ2v) is 5.15. The van der Waals surface area contributed by atoms with Gasteiger partial charge in [0.15, 0.2) is 0 Å². The van der Waals surface area contributed by atoms with Gasteiger partial charge in [-0.25, -0.2) is 9.59 Å². The molecule has 0 aliphatic carbocycles. The van der Waals surface area contributed by atoms with Crippen molar-refractivity contribution >= 4 is 17.7 Å². The average Bonchev–Trinajstić information content (AvgIpc) is 2.35. The quantitative estimate of drug-likeness (QED) is 0.830. The molecule has 1 amide bonds. The first kappa shape index (κ1) is 16.0. The van der Waals surface area contributed by atoms with Gasteiger partial charge in [0.25, 0.3) is 0 Å². The first-order chi connectivity index (χ1) is 9.26. The number of amides is 1. The molecule has 0 bridgehead atoms. The van der Waals surface area contributed by atoms with E-state index >= 15 is 0 Å². The van der Waals surface area contributed by atoms with Crippen molar-refractivity contribution in [2.45, 2.75) is 33.0 Å². The van der Waals surface area contributed by atoms with Gasteiger partial charge in [-0.15, -0.1) is 0 Å². The summed E-state index contributed by atoms with van der Waals surface area (Å²) in [5.41, 5.74) is 0.424. The van der Waals surface area contributed by atoms with E-state index in [2.05, 4.69) is 10.1 Å². The van der Waals surface area contributed by atoms with E-state index < -0.39 is 17.7 Å². The smallest absolute Gasteiger partial charge is 0.412 e. The van der Waals surface area contributed by atoms with Gasteiger partial charge in [0, 0.05) is 5.56 Å². The van der Waals surface area contributed by atoms with Crippen molar-refractivity contribution in [3.63, 3.8) is 0 Å². The molecule has 0 aliphatic heterocycles. The van der Waals surface area contributed by atoms with Gasteiger partial charge in [0.1, 0.15) is 5.60 Å². The summed E-state index contributed by atoms with van der Waals surface area (Å²) >= 11 is 0. The highest BCUT2D eigenvalue weighted by Crippen LogP contribution is 2.20. The number of rotatable bonds is 3. The molecular weight excluding hydrogens is 262 g/mol. The van der Waals surface area contributed by atoms with E-state index in [1.165, 1.54) is 19.2 Å². The van der Waals surface area contributed by atoms with E-state index in [1.54, 1.807) is 26.8 Å². The van der Waals surface area contributed by atoms with Crippen molar-refractivity contribution < 1.29 is 24.2 Å². The number of carbonyl (C=O) groups excluding carboxylic acids is 2. The average molecular weight is 281 g/mol. The van der Waals surface area contributed by atoms with Gasteiger partial charge in [0.05, 0.1) is 25.0 Å². The third-order valence-electron chi connectivity index (χ3n) is 2.34. The molecule has 20 heavy (non-hydrogen) atoms. The fraction of sp³-hybridized carbons (Fsp3) is 0.429. The molecule has 0 saturated carbocycles. The van der Waals surface area contributed by atoms with Crippen molar-refractivity contribution in [1.29, 1.82) is 0 Å². The minimum absolute atomic E-state index is 0.271. The number of aliphatic hydroxyl groups excluding tert-OH is 1. The van der Waals surface area contributed by atoms with Gasteiger partial charge in [-0.1, -0.05) is 6.07 Å². The fourth-order valence-electron chi connectivity index (χ4n) is 1.49. The molecule has 2 N–H and O–H groups in total. The van der Waals surface area contributed by atoms with Crippen LogP contribution in [0.2, 0.25) is 0 Å². The molecule has 0 heterocycles. The summed E-state index contributed by atoms with van der Waals surface area (Å²) in [6, 6.07) is 4.48. The van der Waals surface area contributed by atoms with Gasteiger partial charge in [-0.05, 0) is 32.9 Å². The van der Waals surface area contributed by atoms with E-state index in [0.29, 0.717) is 11.3 Å². The maximum Gasteiger partial charge on any atom is 0.412 e. The Labute approximate surface area is 117 Å². The molecule has 0 aromatic heterocycles. The molecule has 6 nitrogen and oxygen atoms in total. The summed E-state index contributed by atoms with van der Waals surface area (Å²) in [7, 11) is 1.27. The number of nitrogens with one attached hydrogen (secondary N) is 1. The SMILES string of the molecule is COC(=O)c1ccc(CO)c(NC(=O)OC(C)(C)C)c1. The number of carbonyl (C=O) groups is 2. The topological polar surface area (TPSA) is 84.9 Å². The standard InChI is InChI=1S/C14H19NO5/c1-14(2,3)20-13(18)15-11-7-9(12(17)19-4)5-6-10(11)8-16/h5-7,16H,8H2,1-4H3,(H,15,18).